The van der Waals surface area contributed by atoms with E-state index in [-0.39, 0.29) is 18.4 Å². The average Bonchev–Trinajstić information content (AvgIpc) is 2.68. The number of hydrogen-bond acceptors (Lipinski definition) is 4. The molecule has 0 N–H and O–H groups in total. The number of rotatable bonds is 5. The number of amides is 2. The molecular formula is C20H22N2O4. The Morgan fingerprint density at radius 1 is 1.00 bits per heavy atom. The van der Waals surface area contributed by atoms with Crippen LogP contribution in [0.4, 0.5) is 5.69 Å². The smallest absolute Gasteiger partial charge is 0.242 e. The van der Waals surface area contributed by atoms with Crippen LogP contribution in [0.1, 0.15) is 6.92 Å². The molecule has 0 bridgehead atoms. The van der Waals surface area contributed by atoms with Crippen LogP contribution in [0.25, 0.3) is 0 Å². The molecule has 6 nitrogen and oxygen atoms in total. The first-order valence-corrected chi connectivity index (χ1v) is 8.60. The van der Waals surface area contributed by atoms with Gasteiger partial charge in [-0.25, -0.2) is 0 Å². The Balaban J connectivity index is 1.67. The van der Waals surface area contributed by atoms with Crippen LogP contribution in [0.5, 0.6) is 11.5 Å². The summed E-state index contributed by atoms with van der Waals surface area (Å²) in [6.07, 6.45) is 0. The lowest BCUT2D eigenvalue weighted by Crippen LogP contribution is -2.46. The molecule has 1 aliphatic rings. The van der Waals surface area contributed by atoms with Crippen molar-refractivity contribution >= 4 is 17.5 Å². The monoisotopic (exact) mass is 354 g/mol. The number of benzene rings is 2. The Morgan fingerprint density at radius 2 is 1.62 bits per heavy atom. The molecule has 1 aliphatic heterocycles. The summed E-state index contributed by atoms with van der Waals surface area (Å²) < 4.78 is 11.0. The van der Waals surface area contributed by atoms with Gasteiger partial charge in [0.25, 0.3) is 0 Å². The van der Waals surface area contributed by atoms with E-state index in [1.807, 2.05) is 30.3 Å². The summed E-state index contributed by atoms with van der Waals surface area (Å²) in [4.78, 5) is 27.7. The third kappa shape index (κ3) is 4.61. The molecule has 3 rings (SSSR count). The van der Waals surface area contributed by atoms with Gasteiger partial charge < -0.3 is 19.3 Å². The van der Waals surface area contributed by atoms with Gasteiger partial charge in [0.2, 0.25) is 11.8 Å². The fourth-order valence-corrected chi connectivity index (χ4v) is 2.75. The molecule has 26 heavy (non-hydrogen) atoms. The largest absolute Gasteiger partial charge is 0.457 e. The van der Waals surface area contributed by atoms with E-state index < -0.39 is 0 Å². The molecule has 0 aromatic heterocycles. The Morgan fingerprint density at radius 3 is 2.23 bits per heavy atom. The van der Waals surface area contributed by atoms with Crippen LogP contribution in [0.15, 0.2) is 54.6 Å². The van der Waals surface area contributed by atoms with Gasteiger partial charge in [-0.15, -0.1) is 0 Å². The second-order valence-electron chi connectivity index (χ2n) is 6.01. The summed E-state index contributed by atoms with van der Waals surface area (Å²) in [5, 5.41) is 0. The molecule has 0 unspecified atom stereocenters. The molecule has 1 heterocycles. The van der Waals surface area contributed by atoms with E-state index in [0.29, 0.717) is 37.7 Å². The van der Waals surface area contributed by atoms with Gasteiger partial charge in [0, 0.05) is 25.7 Å². The number of morpholine rings is 1. The maximum atomic E-state index is 12.4. The van der Waals surface area contributed by atoms with Gasteiger partial charge in [0.1, 0.15) is 18.0 Å². The lowest BCUT2D eigenvalue weighted by atomic mass is 10.2. The van der Waals surface area contributed by atoms with Gasteiger partial charge in [-0.2, -0.15) is 0 Å². The van der Waals surface area contributed by atoms with Gasteiger partial charge in [-0.05, 0) is 36.4 Å². The molecule has 0 radical (unpaired) electrons. The van der Waals surface area contributed by atoms with E-state index in [2.05, 4.69) is 0 Å². The van der Waals surface area contributed by atoms with Crippen molar-refractivity contribution in [1.29, 1.82) is 0 Å². The van der Waals surface area contributed by atoms with E-state index >= 15 is 0 Å². The van der Waals surface area contributed by atoms with E-state index in [1.165, 1.54) is 11.8 Å². The van der Waals surface area contributed by atoms with Gasteiger partial charge in [-0.3, -0.25) is 9.59 Å². The topological polar surface area (TPSA) is 59.1 Å². The standard InChI is InChI=1S/C20H22N2O4/c1-16(23)22(15-20(24)21-11-13-25-14-12-21)17-7-9-19(10-8-17)26-18-5-3-2-4-6-18/h2-10H,11-15H2,1H3. The molecule has 1 fully saturated rings. The molecule has 0 atom stereocenters. The number of para-hydroxylation sites is 1. The van der Waals surface area contributed by atoms with E-state index in [4.69, 9.17) is 9.47 Å². The molecule has 2 aromatic rings. The lowest BCUT2D eigenvalue weighted by Gasteiger charge is -2.29. The number of carbonyl (C=O) groups excluding carboxylic acids is 2. The Kier molecular flexibility index (Phi) is 5.86. The summed E-state index contributed by atoms with van der Waals surface area (Å²) in [7, 11) is 0. The van der Waals surface area contributed by atoms with Gasteiger partial charge in [-0.1, -0.05) is 18.2 Å². The van der Waals surface area contributed by atoms with E-state index in [0.717, 1.165) is 5.75 Å². The average molecular weight is 354 g/mol. The van der Waals surface area contributed by atoms with Gasteiger partial charge in [0.15, 0.2) is 0 Å². The minimum absolute atomic E-state index is 0.0220. The van der Waals surface area contributed by atoms with Crippen LogP contribution in [-0.2, 0) is 14.3 Å². The summed E-state index contributed by atoms with van der Waals surface area (Å²) >= 11 is 0. The first-order chi connectivity index (χ1) is 12.6. The van der Waals surface area contributed by atoms with Crippen molar-refractivity contribution in [2.24, 2.45) is 0 Å². The van der Waals surface area contributed by atoms with Crippen molar-refractivity contribution in [3.63, 3.8) is 0 Å². The minimum atomic E-state index is -0.177. The van der Waals surface area contributed by atoms with Crippen molar-refractivity contribution in [3.8, 4) is 11.5 Å². The molecule has 6 heteroatoms. The van der Waals surface area contributed by atoms with Crippen LogP contribution >= 0.6 is 0 Å². The van der Waals surface area contributed by atoms with Gasteiger partial charge >= 0.3 is 0 Å². The molecule has 2 amide bonds. The number of hydrogen-bond donors (Lipinski definition) is 0. The molecule has 0 aliphatic carbocycles. The van der Waals surface area contributed by atoms with Crippen molar-refractivity contribution in [2.45, 2.75) is 6.92 Å². The fraction of sp³-hybridized carbons (Fsp3) is 0.300. The van der Waals surface area contributed by atoms with Crippen LogP contribution in [0, 0.1) is 0 Å². The number of anilines is 1. The third-order valence-electron chi connectivity index (χ3n) is 4.16. The zero-order chi connectivity index (χ0) is 18.4. The second-order valence-corrected chi connectivity index (χ2v) is 6.01. The number of carbonyl (C=O) groups is 2. The highest BCUT2D eigenvalue weighted by atomic mass is 16.5. The summed E-state index contributed by atoms with van der Waals surface area (Å²) in [6, 6.07) is 16.6. The Hall–Kier alpha value is -2.86. The maximum Gasteiger partial charge on any atom is 0.242 e. The second kappa shape index (κ2) is 8.49. The van der Waals surface area contributed by atoms with Gasteiger partial charge in [0.05, 0.1) is 13.2 Å². The van der Waals surface area contributed by atoms with Crippen LogP contribution < -0.4 is 9.64 Å². The quantitative estimate of drug-likeness (QED) is 0.828. The predicted molar refractivity (Wildman–Crippen MR) is 98.4 cm³/mol. The van der Waals surface area contributed by atoms with Crippen LogP contribution in [0.2, 0.25) is 0 Å². The number of ether oxygens (including phenoxy) is 2. The first-order valence-electron chi connectivity index (χ1n) is 8.60. The van der Waals surface area contributed by atoms with Crippen molar-refractivity contribution < 1.29 is 19.1 Å². The predicted octanol–water partition coefficient (Wildman–Crippen LogP) is 2.69. The van der Waals surface area contributed by atoms with Crippen molar-refractivity contribution in [2.75, 3.05) is 37.7 Å². The molecule has 1 saturated heterocycles. The van der Waals surface area contributed by atoms with Crippen molar-refractivity contribution in [1.82, 2.24) is 4.90 Å². The zero-order valence-corrected chi connectivity index (χ0v) is 14.8. The Bertz CT molecular complexity index is 740. The zero-order valence-electron chi connectivity index (χ0n) is 14.8. The van der Waals surface area contributed by atoms with Crippen LogP contribution in [0.3, 0.4) is 0 Å². The fourth-order valence-electron chi connectivity index (χ4n) is 2.75. The molecule has 0 spiro atoms. The minimum Gasteiger partial charge on any atom is -0.457 e. The van der Waals surface area contributed by atoms with Crippen molar-refractivity contribution in [3.05, 3.63) is 54.6 Å². The summed E-state index contributed by atoms with van der Waals surface area (Å²) in [6.45, 7) is 3.69. The molecule has 136 valence electrons. The lowest BCUT2D eigenvalue weighted by molar-refractivity contribution is -0.134. The highest BCUT2D eigenvalue weighted by molar-refractivity contribution is 5.97. The van der Waals surface area contributed by atoms with Crippen LogP contribution in [-0.4, -0.2) is 49.6 Å². The molecular weight excluding hydrogens is 332 g/mol. The number of nitrogens with zero attached hydrogens (tertiary/aromatic N) is 2. The normalized spacial score (nSPS) is 14.0. The third-order valence-corrected chi connectivity index (χ3v) is 4.16. The molecule has 0 saturated carbocycles. The maximum absolute atomic E-state index is 12.4. The summed E-state index contributed by atoms with van der Waals surface area (Å²) in [5.41, 5.74) is 0.666. The highest BCUT2D eigenvalue weighted by Gasteiger charge is 2.22. The van der Waals surface area contributed by atoms with E-state index in [9.17, 15) is 9.59 Å². The van der Waals surface area contributed by atoms with E-state index in [1.54, 1.807) is 29.2 Å². The summed E-state index contributed by atoms with van der Waals surface area (Å²) in [5.74, 6) is 1.16. The Labute approximate surface area is 152 Å². The molecule has 2 aromatic carbocycles. The SMILES string of the molecule is CC(=O)N(CC(=O)N1CCOCC1)c1ccc(Oc2ccccc2)cc1. The highest BCUT2D eigenvalue weighted by Crippen LogP contribution is 2.24. The first kappa shape index (κ1) is 17.9.